The highest BCUT2D eigenvalue weighted by Gasteiger charge is 2.30. The first-order valence-corrected chi connectivity index (χ1v) is 5.50. The number of carbonyl (C=O) groups excluding carboxylic acids is 2. The summed E-state index contributed by atoms with van der Waals surface area (Å²) in [7, 11) is 0. The molecule has 2 N–H and O–H groups in total. The Morgan fingerprint density at radius 1 is 1.44 bits per heavy atom. The fraction of sp³-hybridized carbons (Fsp3) is 0.818. The number of piperidine rings is 1. The van der Waals surface area contributed by atoms with Crippen LogP contribution in [-0.2, 0) is 9.53 Å². The van der Waals surface area contributed by atoms with Crippen LogP contribution in [-0.4, -0.2) is 42.0 Å². The van der Waals surface area contributed by atoms with Crippen LogP contribution in [0.25, 0.3) is 0 Å². The van der Waals surface area contributed by atoms with Gasteiger partial charge in [0.15, 0.2) is 0 Å². The van der Waals surface area contributed by atoms with E-state index in [0.29, 0.717) is 19.5 Å². The average molecular weight is 228 g/mol. The molecule has 1 fully saturated rings. The molecule has 1 amide bonds. The van der Waals surface area contributed by atoms with Gasteiger partial charge in [0, 0.05) is 25.0 Å². The Kier molecular flexibility index (Phi) is 3.91. The smallest absolute Gasteiger partial charge is 0.410 e. The van der Waals surface area contributed by atoms with Gasteiger partial charge in [-0.2, -0.15) is 0 Å². The highest BCUT2D eigenvalue weighted by Crippen LogP contribution is 2.17. The Bertz CT molecular complexity index is 273. The number of nitrogens with two attached hydrogens (primary N) is 1. The van der Waals surface area contributed by atoms with E-state index in [9.17, 15) is 9.59 Å². The number of ether oxygens (including phenoxy) is 1. The molecule has 1 aliphatic rings. The molecular formula is C11H20N2O3. The van der Waals surface area contributed by atoms with Gasteiger partial charge >= 0.3 is 6.09 Å². The zero-order valence-electron chi connectivity index (χ0n) is 10.1. The molecule has 0 aromatic heterocycles. The molecule has 5 heteroatoms. The number of nitrogens with zero attached hydrogens (tertiary/aromatic N) is 1. The van der Waals surface area contributed by atoms with Crippen LogP contribution in [0.15, 0.2) is 0 Å². The van der Waals surface area contributed by atoms with E-state index in [1.165, 1.54) is 4.90 Å². The minimum Gasteiger partial charge on any atom is -0.444 e. The Labute approximate surface area is 95.9 Å². The first kappa shape index (κ1) is 13.0. The van der Waals surface area contributed by atoms with Crippen molar-refractivity contribution in [2.24, 2.45) is 11.7 Å². The van der Waals surface area contributed by atoms with Crippen molar-refractivity contribution in [3.8, 4) is 0 Å². The van der Waals surface area contributed by atoms with Crippen molar-refractivity contribution in [3.63, 3.8) is 0 Å². The largest absolute Gasteiger partial charge is 0.444 e. The summed E-state index contributed by atoms with van der Waals surface area (Å²) in [6, 6.07) is -0.142. The number of amides is 1. The van der Waals surface area contributed by atoms with Gasteiger partial charge in [-0.1, -0.05) is 0 Å². The third kappa shape index (κ3) is 3.81. The Balaban J connectivity index is 2.58. The molecule has 0 aliphatic carbocycles. The number of carbonyl (C=O) groups is 2. The highest BCUT2D eigenvalue weighted by molar-refractivity contribution is 5.69. The van der Waals surface area contributed by atoms with Gasteiger partial charge in [0.2, 0.25) is 0 Å². The van der Waals surface area contributed by atoms with Crippen LogP contribution >= 0.6 is 0 Å². The summed E-state index contributed by atoms with van der Waals surface area (Å²) >= 11 is 0. The normalized spacial score (nSPS) is 26.4. The lowest BCUT2D eigenvalue weighted by atomic mass is 9.96. The molecule has 1 aliphatic heterocycles. The lowest BCUT2D eigenvalue weighted by Gasteiger charge is -2.35. The molecule has 92 valence electrons. The van der Waals surface area contributed by atoms with Crippen LogP contribution in [0.2, 0.25) is 0 Å². The maximum absolute atomic E-state index is 11.8. The average Bonchev–Trinajstić information content (AvgIpc) is 2.14. The van der Waals surface area contributed by atoms with Crippen LogP contribution in [0.5, 0.6) is 0 Å². The van der Waals surface area contributed by atoms with Crippen LogP contribution in [0.3, 0.4) is 0 Å². The lowest BCUT2D eigenvalue weighted by molar-refractivity contribution is -0.112. The maximum Gasteiger partial charge on any atom is 0.410 e. The molecule has 0 aromatic carbocycles. The molecule has 16 heavy (non-hydrogen) atoms. The summed E-state index contributed by atoms with van der Waals surface area (Å²) < 4.78 is 5.23. The number of rotatable bonds is 1. The summed E-state index contributed by atoms with van der Waals surface area (Å²) in [5, 5.41) is 0. The number of hydrogen-bond donors (Lipinski definition) is 1. The molecule has 5 nitrogen and oxygen atoms in total. The van der Waals surface area contributed by atoms with E-state index < -0.39 is 11.7 Å². The SMILES string of the molecule is CC(C)(C)OC(=O)N1CC(N)CC(C=O)C1. The fourth-order valence-corrected chi connectivity index (χ4v) is 1.75. The van der Waals surface area contributed by atoms with Crippen molar-refractivity contribution >= 4 is 12.4 Å². The summed E-state index contributed by atoms with van der Waals surface area (Å²) in [6.45, 7) is 6.30. The van der Waals surface area contributed by atoms with Crippen LogP contribution < -0.4 is 5.73 Å². The number of aldehydes is 1. The van der Waals surface area contributed by atoms with Crippen molar-refractivity contribution in [2.75, 3.05) is 13.1 Å². The Morgan fingerprint density at radius 2 is 2.06 bits per heavy atom. The van der Waals surface area contributed by atoms with Gasteiger partial charge in [0.1, 0.15) is 11.9 Å². The van der Waals surface area contributed by atoms with Gasteiger partial charge in [0.25, 0.3) is 0 Å². The van der Waals surface area contributed by atoms with Crippen molar-refractivity contribution in [3.05, 3.63) is 0 Å². The molecule has 0 radical (unpaired) electrons. The van der Waals surface area contributed by atoms with Crippen LogP contribution in [0, 0.1) is 5.92 Å². The second kappa shape index (κ2) is 4.82. The molecule has 2 unspecified atom stereocenters. The second-order valence-corrected chi connectivity index (χ2v) is 5.28. The molecule has 0 saturated carbocycles. The number of hydrogen-bond acceptors (Lipinski definition) is 4. The summed E-state index contributed by atoms with van der Waals surface area (Å²) in [6.07, 6.45) is 1.11. The van der Waals surface area contributed by atoms with Gasteiger partial charge in [-0.05, 0) is 27.2 Å². The second-order valence-electron chi connectivity index (χ2n) is 5.28. The van der Waals surface area contributed by atoms with E-state index in [1.807, 2.05) is 20.8 Å². The Hall–Kier alpha value is -1.10. The molecule has 0 bridgehead atoms. The lowest BCUT2D eigenvalue weighted by Crippen LogP contribution is -2.51. The molecule has 2 atom stereocenters. The molecule has 1 rings (SSSR count). The van der Waals surface area contributed by atoms with Crippen molar-refractivity contribution in [2.45, 2.75) is 38.8 Å². The fourth-order valence-electron chi connectivity index (χ4n) is 1.75. The van der Waals surface area contributed by atoms with E-state index in [2.05, 4.69) is 0 Å². The molecular weight excluding hydrogens is 208 g/mol. The topological polar surface area (TPSA) is 72.6 Å². The van der Waals surface area contributed by atoms with E-state index in [-0.39, 0.29) is 12.0 Å². The van der Waals surface area contributed by atoms with E-state index >= 15 is 0 Å². The van der Waals surface area contributed by atoms with Crippen molar-refractivity contribution in [1.29, 1.82) is 0 Å². The zero-order chi connectivity index (χ0) is 12.3. The zero-order valence-corrected chi connectivity index (χ0v) is 10.1. The van der Waals surface area contributed by atoms with Crippen molar-refractivity contribution in [1.82, 2.24) is 4.90 Å². The molecule has 0 aromatic rings. The Morgan fingerprint density at radius 3 is 2.56 bits per heavy atom. The van der Waals surface area contributed by atoms with Gasteiger partial charge in [-0.25, -0.2) is 4.79 Å². The van der Waals surface area contributed by atoms with E-state index in [4.69, 9.17) is 10.5 Å². The third-order valence-corrected chi connectivity index (χ3v) is 2.36. The van der Waals surface area contributed by atoms with Gasteiger partial charge in [-0.3, -0.25) is 0 Å². The van der Waals surface area contributed by atoms with Gasteiger partial charge < -0.3 is 20.2 Å². The van der Waals surface area contributed by atoms with E-state index in [1.54, 1.807) is 0 Å². The first-order chi connectivity index (χ1) is 7.31. The minimum atomic E-state index is -0.519. The van der Waals surface area contributed by atoms with Gasteiger partial charge in [-0.15, -0.1) is 0 Å². The van der Waals surface area contributed by atoms with Crippen molar-refractivity contribution < 1.29 is 14.3 Å². The summed E-state index contributed by atoms with van der Waals surface area (Å²) in [4.78, 5) is 24.0. The van der Waals surface area contributed by atoms with E-state index in [0.717, 1.165) is 6.29 Å². The molecule has 1 saturated heterocycles. The predicted molar refractivity (Wildman–Crippen MR) is 60.0 cm³/mol. The predicted octanol–water partition coefficient (Wildman–Crippen LogP) is 0.770. The molecule has 0 spiro atoms. The van der Waals surface area contributed by atoms with Gasteiger partial charge in [0.05, 0.1) is 0 Å². The maximum atomic E-state index is 11.8. The third-order valence-electron chi connectivity index (χ3n) is 2.36. The standard InChI is InChI=1S/C11H20N2O3/c1-11(2,3)16-10(15)13-5-8(7-14)4-9(12)6-13/h7-9H,4-6,12H2,1-3H3. The van der Waals surface area contributed by atoms with Crippen LogP contribution in [0.4, 0.5) is 4.79 Å². The monoisotopic (exact) mass is 228 g/mol. The molecule has 1 heterocycles. The summed E-state index contributed by atoms with van der Waals surface area (Å²) in [5.41, 5.74) is 5.27. The number of likely N-dealkylation sites (tertiary alicyclic amines) is 1. The van der Waals surface area contributed by atoms with Crippen LogP contribution in [0.1, 0.15) is 27.2 Å². The highest BCUT2D eigenvalue weighted by atomic mass is 16.6. The minimum absolute atomic E-state index is 0.142. The first-order valence-electron chi connectivity index (χ1n) is 5.50. The summed E-state index contributed by atoms with van der Waals surface area (Å²) in [5.74, 6) is -0.170. The quantitative estimate of drug-likeness (QED) is 0.673.